The minimum Gasteiger partial charge on any atom is -0.477 e. The minimum absolute atomic E-state index is 0.0361. The van der Waals surface area contributed by atoms with E-state index in [1.54, 1.807) is 6.20 Å². The molecular weight excluding hydrogens is 278 g/mol. The maximum Gasteiger partial charge on any atom is 0.360 e. The number of quaternary nitrogens is 1. The number of nitrogens with zero attached hydrogens (tertiary/aromatic N) is 2. The molecule has 5 heteroatoms. The van der Waals surface area contributed by atoms with Gasteiger partial charge < -0.3 is 10.8 Å². The highest BCUT2D eigenvalue weighted by Crippen LogP contribution is 2.21. The molecule has 0 aromatic carbocycles. The zero-order valence-corrected chi connectivity index (χ0v) is 13.7. The lowest BCUT2D eigenvalue weighted by Crippen LogP contribution is -2.52. The van der Waals surface area contributed by atoms with Gasteiger partial charge in [0.2, 0.25) is 5.84 Å². The molecule has 1 aliphatic rings. The number of amidine groups is 1. The van der Waals surface area contributed by atoms with Gasteiger partial charge in [0.05, 0.1) is 6.20 Å². The summed E-state index contributed by atoms with van der Waals surface area (Å²) >= 11 is 0. The zero-order valence-electron chi connectivity index (χ0n) is 13.7. The molecule has 22 heavy (non-hydrogen) atoms. The van der Waals surface area contributed by atoms with Gasteiger partial charge in [-0.15, -0.1) is 0 Å². The third-order valence-corrected chi connectivity index (χ3v) is 3.96. The van der Waals surface area contributed by atoms with Gasteiger partial charge in [0.25, 0.3) is 0 Å². The van der Waals surface area contributed by atoms with Crippen molar-refractivity contribution >= 4 is 11.8 Å². The maximum atomic E-state index is 11.1. The molecule has 0 radical (unpaired) electrons. The van der Waals surface area contributed by atoms with E-state index in [-0.39, 0.29) is 6.54 Å². The van der Waals surface area contributed by atoms with Crippen molar-refractivity contribution in [3.05, 3.63) is 24.6 Å². The minimum atomic E-state index is -0.810. The summed E-state index contributed by atoms with van der Waals surface area (Å²) in [4.78, 5) is 15.5. The summed E-state index contributed by atoms with van der Waals surface area (Å²) in [6.45, 7) is 3.24. The van der Waals surface area contributed by atoms with Crippen LogP contribution in [0.4, 0.5) is 0 Å². The SMILES string of the molecule is CC/C=C/CCCCCCC1=NC=C[N+]1(CCN)CC(=O)O. The van der Waals surface area contributed by atoms with Crippen LogP contribution in [-0.2, 0) is 4.79 Å². The van der Waals surface area contributed by atoms with Crippen LogP contribution in [0.25, 0.3) is 0 Å². The molecule has 0 spiro atoms. The van der Waals surface area contributed by atoms with E-state index in [0.29, 0.717) is 17.6 Å². The van der Waals surface area contributed by atoms with Crippen LogP contribution < -0.4 is 5.73 Å². The largest absolute Gasteiger partial charge is 0.477 e. The topological polar surface area (TPSA) is 75.7 Å². The van der Waals surface area contributed by atoms with Crippen LogP contribution >= 0.6 is 0 Å². The Labute approximate surface area is 133 Å². The average molecular weight is 308 g/mol. The monoisotopic (exact) mass is 308 g/mol. The van der Waals surface area contributed by atoms with Gasteiger partial charge in [-0.25, -0.2) is 14.3 Å². The van der Waals surface area contributed by atoms with Gasteiger partial charge in [-0.1, -0.05) is 31.9 Å². The molecule has 1 heterocycles. The molecule has 3 N–H and O–H groups in total. The molecule has 0 aromatic rings. The quantitative estimate of drug-likeness (QED) is 0.330. The molecule has 0 saturated heterocycles. The van der Waals surface area contributed by atoms with Gasteiger partial charge in [-0.2, -0.15) is 0 Å². The number of hydrogen-bond acceptors (Lipinski definition) is 3. The summed E-state index contributed by atoms with van der Waals surface area (Å²) in [6, 6.07) is 0. The van der Waals surface area contributed by atoms with Crippen LogP contribution in [0.15, 0.2) is 29.5 Å². The molecule has 1 unspecified atom stereocenters. The number of carbonyl (C=O) groups is 1. The Kier molecular flexibility index (Phi) is 8.70. The Hall–Kier alpha value is -1.46. The summed E-state index contributed by atoms with van der Waals surface area (Å²) in [5.74, 6) is 0.133. The third kappa shape index (κ3) is 6.12. The predicted molar refractivity (Wildman–Crippen MR) is 90.4 cm³/mol. The van der Waals surface area contributed by atoms with Crippen LogP contribution in [0.5, 0.6) is 0 Å². The van der Waals surface area contributed by atoms with Gasteiger partial charge >= 0.3 is 5.97 Å². The van der Waals surface area contributed by atoms with E-state index in [1.807, 2.05) is 6.20 Å². The summed E-state index contributed by atoms with van der Waals surface area (Å²) in [5, 5.41) is 9.14. The number of hydrogen-bond donors (Lipinski definition) is 2. The first kappa shape index (κ1) is 18.6. The molecule has 124 valence electrons. The first-order chi connectivity index (χ1) is 10.6. The molecule has 1 atom stereocenters. The molecule has 5 nitrogen and oxygen atoms in total. The highest BCUT2D eigenvalue weighted by atomic mass is 16.4. The molecule has 0 fully saturated rings. The number of carboxylic acid groups (broad SMARTS) is 1. The van der Waals surface area contributed by atoms with Gasteiger partial charge in [0.15, 0.2) is 6.54 Å². The number of allylic oxidation sites excluding steroid dienone is 2. The number of unbranched alkanes of at least 4 members (excludes halogenated alkanes) is 4. The number of aliphatic imine (C=N–C) groups is 1. The van der Waals surface area contributed by atoms with Gasteiger partial charge in [-0.05, 0) is 25.7 Å². The van der Waals surface area contributed by atoms with E-state index in [2.05, 4.69) is 24.1 Å². The number of aliphatic carboxylic acids is 1. The van der Waals surface area contributed by atoms with E-state index >= 15 is 0 Å². The fraction of sp³-hybridized carbons (Fsp3) is 0.647. The van der Waals surface area contributed by atoms with Crippen molar-refractivity contribution in [1.82, 2.24) is 0 Å². The van der Waals surface area contributed by atoms with E-state index in [1.165, 1.54) is 12.8 Å². The second-order valence-corrected chi connectivity index (χ2v) is 5.77. The third-order valence-electron chi connectivity index (χ3n) is 3.96. The van der Waals surface area contributed by atoms with Crippen molar-refractivity contribution in [2.45, 2.75) is 51.9 Å². The van der Waals surface area contributed by atoms with Crippen LogP contribution in [0, 0.1) is 0 Å². The summed E-state index contributed by atoms with van der Waals surface area (Å²) in [5.41, 5.74) is 5.66. The number of rotatable bonds is 12. The Bertz CT molecular complexity index is 430. The summed E-state index contributed by atoms with van der Waals surface area (Å²) in [6.07, 6.45) is 15.8. The van der Waals surface area contributed by atoms with Crippen molar-refractivity contribution in [1.29, 1.82) is 0 Å². The highest BCUT2D eigenvalue weighted by Gasteiger charge is 2.36. The normalized spacial score (nSPS) is 20.7. The molecule has 0 aromatic heterocycles. The van der Waals surface area contributed by atoms with Gasteiger partial charge in [0.1, 0.15) is 12.7 Å². The molecule has 0 bridgehead atoms. The molecule has 0 amide bonds. The Morgan fingerprint density at radius 1 is 1.32 bits per heavy atom. The first-order valence-corrected chi connectivity index (χ1v) is 8.33. The second kappa shape index (κ2) is 10.3. The van der Waals surface area contributed by atoms with Gasteiger partial charge in [0, 0.05) is 13.0 Å². The van der Waals surface area contributed by atoms with Crippen molar-refractivity contribution in [2.24, 2.45) is 10.7 Å². The lowest BCUT2D eigenvalue weighted by Gasteiger charge is -2.30. The molecular formula is C17H30N3O2+. The standard InChI is InChI=1S/C17H29N3O2/c1-2-3-4-5-6-7-8-9-10-16-19-12-14-20(16,13-11-18)15-17(21)22/h3-4,12,14H,2,5-11,13,15,18H2,1H3/p+1/b4-3+. The van der Waals surface area contributed by atoms with E-state index < -0.39 is 5.97 Å². The zero-order chi connectivity index (χ0) is 16.3. The van der Waals surface area contributed by atoms with Crippen molar-refractivity contribution in [3.8, 4) is 0 Å². The highest BCUT2D eigenvalue weighted by molar-refractivity contribution is 5.81. The fourth-order valence-corrected chi connectivity index (χ4v) is 2.82. The van der Waals surface area contributed by atoms with Crippen molar-refractivity contribution < 1.29 is 14.4 Å². The number of carboxylic acids is 1. The molecule has 1 rings (SSSR count). The lowest BCUT2D eigenvalue weighted by atomic mass is 10.1. The predicted octanol–water partition coefficient (Wildman–Crippen LogP) is 3.04. The Morgan fingerprint density at radius 2 is 2.09 bits per heavy atom. The number of nitrogens with two attached hydrogens (primary N) is 1. The second-order valence-electron chi connectivity index (χ2n) is 5.77. The molecule has 0 aliphatic carbocycles. The maximum absolute atomic E-state index is 11.1. The van der Waals surface area contributed by atoms with Crippen molar-refractivity contribution in [3.63, 3.8) is 0 Å². The van der Waals surface area contributed by atoms with Crippen LogP contribution in [0.2, 0.25) is 0 Å². The lowest BCUT2D eigenvalue weighted by molar-refractivity contribution is -0.778. The smallest absolute Gasteiger partial charge is 0.360 e. The van der Waals surface area contributed by atoms with Crippen LogP contribution in [-0.4, -0.2) is 41.0 Å². The molecule has 0 saturated carbocycles. The van der Waals surface area contributed by atoms with E-state index in [0.717, 1.165) is 37.9 Å². The van der Waals surface area contributed by atoms with Crippen molar-refractivity contribution in [2.75, 3.05) is 19.6 Å². The molecule has 1 aliphatic heterocycles. The van der Waals surface area contributed by atoms with E-state index in [4.69, 9.17) is 10.8 Å². The first-order valence-electron chi connectivity index (χ1n) is 8.33. The van der Waals surface area contributed by atoms with Crippen LogP contribution in [0.3, 0.4) is 0 Å². The average Bonchev–Trinajstić information content (AvgIpc) is 2.84. The summed E-state index contributed by atoms with van der Waals surface area (Å²) in [7, 11) is 0. The summed E-state index contributed by atoms with van der Waals surface area (Å²) < 4.78 is 0.297. The van der Waals surface area contributed by atoms with Crippen LogP contribution in [0.1, 0.15) is 51.9 Å². The van der Waals surface area contributed by atoms with E-state index in [9.17, 15) is 4.79 Å². The fourth-order valence-electron chi connectivity index (χ4n) is 2.82. The van der Waals surface area contributed by atoms with Gasteiger partial charge in [-0.3, -0.25) is 0 Å². The Morgan fingerprint density at radius 3 is 2.77 bits per heavy atom. The Balaban J connectivity index is 2.34.